The van der Waals surface area contributed by atoms with E-state index in [4.69, 9.17) is 4.74 Å². The number of ether oxygens (including phenoxy) is 1. The van der Waals surface area contributed by atoms with Crippen LogP contribution in [0.15, 0.2) is 18.2 Å². The molecular weight excluding hydrogens is 359 g/mol. The third-order valence-electron chi connectivity index (χ3n) is 1.83. The Labute approximate surface area is 105 Å². The van der Waals surface area contributed by atoms with E-state index in [0.29, 0.717) is 0 Å². The Kier molecular flexibility index (Phi) is 4.37. The van der Waals surface area contributed by atoms with Gasteiger partial charge in [-0.3, -0.25) is 4.79 Å². The molecule has 1 unspecified atom stereocenters. The highest BCUT2D eigenvalue weighted by Crippen LogP contribution is 2.34. The Balaban J connectivity index is 3.20. The summed E-state index contributed by atoms with van der Waals surface area (Å²) in [6, 6.07) is 5.75. The van der Waals surface area contributed by atoms with E-state index in [-0.39, 0.29) is 10.6 Å². The maximum absolute atomic E-state index is 11.2. The Bertz CT molecular complexity index is 352. The monoisotopic (exact) mass is 368 g/mol. The van der Waals surface area contributed by atoms with Crippen molar-refractivity contribution in [2.45, 2.75) is 11.8 Å². The third-order valence-corrected chi connectivity index (χ3v) is 3.82. The summed E-state index contributed by atoms with van der Waals surface area (Å²) < 4.78 is 6.27. The number of Topliss-reactive ketones (excluding diaryl/α,β-unsaturated/α-hetero) is 1. The van der Waals surface area contributed by atoms with Crippen LogP contribution >= 0.6 is 38.5 Å². The number of benzene rings is 1. The summed E-state index contributed by atoms with van der Waals surface area (Å²) in [5.74, 6) is 0.843. The first-order valence-electron chi connectivity index (χ1n) is 4.05. The van der Waals surface area contributed by atoms with Crippen LogP contribution in [-0.2, 0) is 4.79 Å². The van der Waals surface area contributed by atoms with Crippen LogP contribution in [0, 0.1) is 3.57 Å². The minimum Gasteiger partial charge on any atom is -0.495 e. The van der Waals surface area contributed by atoms with Crippen molar-refractivity contribution in [3.05, 3.63) is 27.3 Å². The fourth-order valence-electron chi connectivity index (χ4n) is 1.16. The van der Waals surface area contributed by atoms with Gasteiger partial charge in [-0.25, -0.2) is 0 Å². The van der Waals surface area contributed by atoms with Gasteiger partial charge in [-0.15, -0.1) is 0 Å². The molecule has 76 valence electrons. The molecule has 0 fully saturated rings. The van der Waals surface area contributed by atoms with Crippen molar-refractivity contribution in [2.75, 3.05) is 7.11 Å². The average Bonchev–Trinajstić information content (AvgIpc) is 2.16. The van der Waals surface area contributed by atoms with Gasteiger partial charge in [-0.05, 0) is 35.6 Å². The molecule has 14 heavy (non-hydrogen) atoms. The minimum atomic E-state index is -0.285. The van der Waals surface area contributed by atoms with E-state index >= 15 is 0 Å². The van der Waals surface area contributed by atoms with Crippen molar-refractivity contribution in [3.63, 3.8) is 0 Å². The molecule has 2 nitrogen and oxygen atoms in total. The van der Waals surface area contributed by atoms with Gasteiger partial charge in [0.1, 0.15) is 16.4 Å². The topological polar surface area (TPSA) is 26.3 Å². The van der Waals surface area contributed by atoms with Gasteiger partial charge in [0.2, 0.25) is 0 Å². The van der Waals surface area contributed by atoms with E-state index < -0.39 is 0 Å². The molecule has 0 bridgehead atoms. The zero-order chi connectivity index (χ0) is 10.7. The lowest BCUT2D eigenvalue weighted by atomic mass is 10.1. The third kappa shape index (κ3) is 2.48. The highest BCUT2D eigenvalue weighted by atomic mass is 127. The van der Waals surface area contributed by atoms with E-state index in [1.807, 2.05) is 18.2 Å². The number of hydrogen-bond acceptors (Lipinski definition) is 2. The predicted octanol–water partition coefficient (Wildman–Crippen LogP) is 3.32. The van der Waals surface area contributed by atoms with Crippen molar-refractivity contribution >= 4 is 44.3 Å². The molecular formula is C10H10BrIO2. The lowest BCUT2D eigenvalue weighted by Gasteiger charge is -2.12. The van der Waals surface area contributed by atoms with Crippen molar-refractivity contribution in [1.82, 2.24) is 0 Å². The number of methoxy groups -OCH3 is 1. The second kappa shape index (κ2) is 5.11. The van der Waals surface area contributed by atoms with Crippen LogP contribution in [0.1, 0.15) is 17.3 Å². The number of carbonyl (C=O) groups is 1. The highest BCUT2D eigenvalue weighted by Gasteiger charge is 2.18. The smallest absolute Gasteiger partial charge is 0.147 e. The summed E-state index contributed by atoms with van der Waals surface area (Å²) in [7, 11) is 1.61. The normalized spacial score (nSPS) is 12.3. The van der Waals surface area contributed by atoms with Gasteiger partial charge in [0, 0.05) is 5.56 Å². The quantitative estimate of drug-likeness (QED) is 0.604. The van der Waals surface area contributed by atoms with Gasteiger partial charge in [0.15, 0.2) is 0 Å². The Morgan fingerprint density at radius 3 is 2.71 bits per heavy atom. The number of para-hydroxylation sites is 1. The van der Waals surface area contributed by atoms with E-state index in [9.17, 15) is 4.79 Å². The molecule has 0 aliphatic carbocycles. The van der Waals surface area contributed by atoms with Gasteiger partial charge < -0.3 is 4.74 Å². The standard InChI is InChI=1S/C10H10BrIO2/c1-6(13)9(11)7-4-3-5-8(12)10(7)14-2/h3-5,9H,1-2H3. The summed E-state index contributed by atoms with van der Waals surface area (Å²) in [5.41, 5.74) is 0.881. The van der Waals surface area contributed by atoms with Gasteiger partial charge in [0.25, 0.3) is 0 Å². The molecule has 0 amide bonds. The van der Waals surface area contributed by atoms with Crippen LogP contribution in [0.25, 0.3) is 0 Å². The Morgan fingerprint density at radius 1 is 1.57 bits per heavy atom. The number of alkyl halides is 1. The lowest BCUT2D eigenvalue weighted by molar-refractivity contribution is -0.116. The number of rotatable bonds is 3. The van der Waals surface area contributed by atoms with Crippen molar-refractivity contribution < 1.29 is 9.53 Å². The van der Waals surface area contributed by atoms with Gasteiger partial charge >= 0.3 is 0 Å². The fraction of sp³-hybridized carbons (Fsp3) is 0.300. The second-order valence-electron chi connectivity index (χ2n) is 2.84. The first kappa shape index (κ1) is 12.0. The number of ketones is 1. The van der Waals surface area contributed by atoms with Crippen LogP contribution in [0.2, 0.25) is 0 Å². The Morgan fingerprint density at radius 2 is 2.21 bits per heavy atom. The highest BCUT2D eigenvalue weighted by molar-refractivity contribution is 14.1. The van der Waals surface area contributed by atoms with E-state index in [0.717, 1.165) is 14.9 Å². The number of halogens is 2. The first-order chi connectivity index (χ1) is 6.57. The van der Waals surface area contributed by atoms with E-state index in [1.54, 1.807) is 14.0 Å². The van der Waals surface area contributed by atoms with E-state index in [1.165, 1.54) is 0 Å². The molecule has 0 radical (unpaired) electrons. The zero-order valence-corrected chi connectivity index (χ0v) is 11.6. The lowest BCUT2D eigenvalue weighted by Crippen LogP contribution is -2.04. The molecule has 1 aromatic carbocycles. The molecule has 1 rings (SSSR count). The first-order valence-corrected chi connectivity index (χ1v) is 6.04. The van der Waals surface area contributed by atoms with Crippen LogP contribution in [0.5, 0.6) is 5.75 Å². The number of carbonyl (C=O) groups excluding carboxylic acids is 1. The second-order valence-corrected chi connectivity index (χ2v) is 4.91. The average molecular weight is 369 g/mol. The largest absolute Gasteiger partial charge is 0.495 e. The molecule has 0 saturated heterocycles. The van der Waals surface area contributed by atoms with Crippen LogP contribution < -0.4 is 4.74 Å². The Hall–Kier alpha value is -0.100. The molecule has 0 aliphatic heterocycles. The van der Waals surface area contributed by atoms with Crippen LogP contribution in [-0.4, -0.2) is 12.9 Å². The molecule has 0 aromatic heterocycles. The number of hydrogen-bond donors (Lipinski definition) is 0. The van der Waals surface area contributed by atoms with Crippen LogP contribution in [0.4, 0.5) is 0 Å². The van der Waals surface area contributed by atoms with Gasteiger partial charge in [-0.1, -0.05) is 28.1 Å². The summed E-state index contributed by atoms with van der Waals surface area (Å²) in [5, 5.41) is 0. The summed E-state index contributed by atoms with van der Waals surface area (Å²) in [6.45, 7) is 1.55. The molecule has 0 spiro atoms. The molecule has 0 aliphatic rings. The molecule has 0 heterocycles. The maximum atomic E-state index is 11.2. The van der Waals surface area contributed by atoms with Crippen LogP contribution in [0.3, 0.4) is 0 Å². The molecule has 0 saturated carbocycles. The summed E-state index contributed by atoms with van der Waals surface area (Å²) in [4.78, 5) is 10.9. The predicted molar refractivity (Wildman–Crippen MR) is 68.1 cm³/mol. The zero-order valence-electron chi connectivity index (χ0n) is 7.88. The van der Waals surface area contributed by atoms with Crippen molar-refractivity contribution in [3.8, 4) is 5.75 Å². The minimum absolute atomic E-state index is 0.0744. The van der Waals surface area contributed by atoms with Crippen molar-refractivity contribution in [1.29, 1.82) is 0 Å². The SMILES string of the molecule is COc1c(I)cccc1C(Br)C(C)=O. The van der Waals surface area contributed by atoms with E-state index in [2.05, 4.69) is 38.5 Å². The molecule has 1 atom stereocenters. The summed E-state index contributed by atoms with van der Waals surface area (Å²) >= 11 is 5.53. The fourth-order valence-corrected chi connectivity index (χ4v) is 2.26. The maximum Gasteiger partial charge on any atom is 0.147 e. The molecule has 1 aromatic rings. The molecule has 4 heteroatoms. The summed E-state index contributed by atoms with van der Waals surface area (Å²) in [6.07, 6.45) is 0. The van der Waals surface area contributed by atoms with Gasteiger partial charge in [0.05, 0.1) is 10.7 Å². The van der Waals surface area contributed by atoms with Gasteiger partial charge in [-0.2, -0.15) is 0 Å². The van der Waals surface area contributed by atoms with Crippen molar-refractivity contribution in [2.24, 2.45) is 0 Å². The molecule has 0 N–H and O–H groups in total.